The quantitative estimate of drug-likeness (QED) is 0.603. The van der Waals surface area contributed by atoms with Crippen LogP contribution in [0.25, 0.3) is 0 Å². The molecule has 4 N–H and O–H groups in total. The Labute approximate surface area is 134 Å². The molecule has 0 aromatic carbocycles. The highest BCUT2D eigenvalue weighted by molar-refractivity contribution is 5.27. The van der Waals surface area contributed by atoms with E-state index in [-0.39, 0.29) is 23.0 Å². The number of fused-ring (bicyclic) bond motifs is 5. The van der Waals surface area contributed by atoms with Crippen molar-refractivity contribution in [3.8, 4) is 0 Å². The van der Waals surface area contributed by atoms with Crippen LogP contribution in [0.1, 0.15) is 58.8 Å². The molecule has 4 aliphatic rings. The fourth-order valence-electron chi connectivity index (χ4n) is 6.72. The van der Waals surface area contributed by atoms with Crippen molar-refractivity contribution in [2.45, 2.75) is 77.0 Å². The van der Waals surface area contributed by atoms with Crippen molar-refractivity contribution in [2.75, 3.05) is 0 Å². The van der Waals surface area contributed by atoms with E-state index < -0.39 is 0 Å². The number of aliphatic hydroxyl groups excluding tert-OH is 2. The van der Waals surface area contributed by atoms with Crippen LogP contribution in [-0.2, 0) is 0 Å². The molecule has 0 spiro atoms. The molecule has 8 atom stereocenters. The average molecular weight is 305 g/mol. The molecule has 0 radical (unpaired) electrons. The van der Waals surface area contributed by atoms with Gasteiger partial charge in [-0.3, -0.25) is 0 Å². The molecule has 0 heterocycles. The second kappa shape index (κ2) is 4.81. The maximum Gasteiger partial charge on any atom is 0.0724 e. The summed E-state index contributed by atoms with van der Waals surface area (Å²) >= 11 is 0. The van der Waals surface area contributed by atoms with Crippen molar-refractivity contribution >= 4 is 0 Å². The van der Waals surface area contributed by atoms with Crippen molar-refractivity contribution in [1.29, 1.82) is 0 Å². The van der Waals surface area contributed by atoms with Crippen LogP contribution in [0.3, 0.4) is 0 Å². The minimum Gasteiger partial charge on any atom is -0.392 e. The van der Waals surface area contributed by atoms with Gasteiger partial charge in [0.2, 0.25) is 0 Å². The summed E-state index contributed by atoms with van der Waals surface area (Å²) in [5.41, 5.74) is 8.19. The van der Waals surface area contributed by atoms with E-state index in [1.807, 2.05) is 0 Å². The van der Waals surface area contributed by atoms with Crippen molar-refractivity contribution in [2.24, 2.45) is 34.3 Å². The summed E-state index contributed by atoms with van der Waals surface area (Å²) in [6.07, 6.45) is 8.91. The van der Waals surface area contributed by atoms with Crippen LogP contribution in [0.4, 0.5) is 0 Å². The molecule has 0 aromatic heterocycles. The Hall–Kier alpha value is -0.380. The van der Waals surface area contributed by atoms with Crippen molar-refractivity contribution in [1.82, 2.24) is 0 Å². The SMILES string of the molecule is C[C@]12CC[C@H]3[C@@H]([C@@H](O)CC4=C[C@@H](O)CC[C@@]43C)[C@@H]1CC[C@@H]2N. The third-order valence-corrected chi connectivity index (χ3v) is 8.18. The lowest BCUT2D eigenvalue weighted by molar-refractivity contribution is -0.105. The molecule has 124 valence electrons. The van der Waals surface area contributed by atoms with Gasteiger partial charge in [-0.15, -0.1) is 0 Å². The van der Waals surface area contributed by atoms with Gasteiger partial charge in [0.15, 0.2) is 0 Å². The Balaban J connectivity index is 1.72. The van der Waals surface area contributed by atoms with Crippen LogP contribution in [-0.4, -0.2) is 28.5 Å². The van der Waals surface area contributed by atoms with Crippen molar-refractivity contribution in [3.63, 3.8) is 0 Å². The van der Waals surface area contributed by atoms with Crippen LogP contribution < -0.4 is 5.73 Å². The van der Waals surface area contributed by atoms with Gasteiger partial charge in [-0.25, -0.2) is 0 Å². The predicted molar refractivity (Wildman–Crippen MR) is 87.1 cm³/mol. The van der Waals surface area contributed by atoms with Gasteiger partial charge in [0.1, 0.15) is 0 Å². The van der Waals surface area contributed by atoms with Gasteiger partial charge in [-0.1, -0.05) is 25.5 Å². The molecule has 3 nitrogen and oxygen atoms in total. The molecule has 4 rings (SSSR count). The summed E-state index contributed by atoms with van der Waals surface area (Å²) in [6.45, 7) is 4.77. The van der Waals surface area contributed by atoms with Gasteiger partial charge < -0.3 is 15.9 Å². The number of rotatable bonds is 0. The zero-order chi connectivity index (χ0) is 15.7. The molecular weight excluding hydrogens is 274 g/mol. The summed E-state index contributed by atoms with van der Waals surface area (Å²) in [4.78, 5) is 0. The molecule has 0 saturated heterocycles. The Morgan fingerprint density at radius 3 is 2.59 bits per heavy atom. The molecule has 0 aromatic rings. The Kier molecular flexibility index (Phi) is 3.32. The minimum atomic E-state index is -0.305. The smallest absolute Gasteiger partial charge is 0.0724 e. The zero-order valence-electron chi connectivity index (χ0n) is 14.0. The van der Waals surface area contributed by atoms with Crippen LogP contribution in [0, 0.1) is 28.6 Å². The molecule has 3 saturated carbocycles. The highest BCUT2D eigenvalue weighted by Crippen LogP contribution is 2.65. The zero-order valence-corrected chi connectivity index (χ0v) is 14.0. The number of nitrogens with two attached hydrogens (primary N) is 1. The van der Waals surface area contributed by atoms with Crippen molar-refractivity contribution < 1.29 is 10.2 Å². The summed E-state index contributed by atoms with van der Waals surface area (Å²) in [5.74, 6) is 1.56. The van der Waals surface area contributed by atoms with Gasteiger partial charge in [0.25, 0.3) is 0 Å². The highest BCUT2D eigenvalue weighted by atomic mass is 16.3. The maximum atomic E-state index is 10.9. The summed E-state index contributed by atoms with van der Waals surface area (Å²) < 4.78 is 0. The first-order valence-corrected chi connectivity index (χ1v) is 9.19. The largest absolute Gasteiger partial charge is 0.392 e. The lowest BCUT2D eigenvalue weighted by atomic mass is 9.46. The standard InChI is InChI=1S/C19H31NO2/c1-18-7-5-12(21)9-11(18)10-15(22)17-13-3-4-16(20)19(13,2)8-6-14(17)18/h9,12-17,21-22H,3-8,10,20H2,1-2H3/t12-,13-,14-,15-,16-,17-,18-,19-/m0/s1. The van der Waals surface area contributed by atoms with E-state index in [1.165, 1.54) is 24.8 Å². The first kappa shape index (κ1) is 15.2. The monoisotopic (exact) mass is 305 g/mol. The maximum absolute atomic E-state index is 10.9. The van der Waals surface area contributed by atoms with Crippen LogP contribution in [0.15, 0.2) is 11.6 Å². The molecule has 0 unspecified atom stereocenters. The third kappa shape index (κ3) is 1.85. The molecular formula is C19H31NO2. The Morgan fingerprint density at radius 1 is 1.05 bits per heavy atom. The molecule has 0 bridgehead atoms. The first-order chi connectivity index (χ1) is 10.4. The van der Waals surface area contributed by atoms with Gasteiger partial charge in [0.05, 0.1) is 12.2 Å². The van der Waals surface area contributed by atoms with Gasteiger partial charge >= 0.3 is 0 Å². The lowest BCUT2D eigenvalue weighted by Gasteiger charge is -2.59. The second-order valence-electron chi connectivity index (χ2n) is 9.01. The van der Waals surface area contributed by atoms with Crippen LogP contribution in [0.2, 0.25) is 0 Å². The van der Waals surface area contributed by atoms with E-state index in [9.17, 15) is 10.2 Å². The molecule has 4 aliphatic carbocycles. The van der Waals surface area contributed by atoms with Crippen LogP contribution in [0.5, 0.6) is 0 Å². The number of aliphatic hydroxyl groups is 2. The Bertz CT molecular complexity index is 504. The summed E-state index contributed by atoms with van der Waals surface area (Å²) in [5, 5.41) is 20.9. The topological polar surface area (TPSA) is 66.5 Å². The van der Waals surface area contributed by atoms with E-state index in [4.69, 9.17) is 5.73 Å². The van der Waals surface area contributed by atoms with E-state index in [1.54, 1.807) is 0 Å². The number of hydrogen-bond acceptors (Lipinski definition) is 3. The summed E-state index contributed by atoms with van der Waals surface area (Å²) in [7, 11) is 0. The van der Waals surface area contributed by atoms with Crippen LogP contribution >= 0.6 is 0 Å². The van der Waals surface area contributed by atoms with Gasteiger partial charge in [0, 0.05) is 6.04 Å². The number of hydrogen-bond donors (Lipinski definition) is 3. The van der Waals surface area contributed by atoms with E-state index in [2.05, 4.69) is 19.9 Å². The molecule has 3 heteroatoms. The molecule has 0 amide bonds. The first-order valence-electron chi connectivity index (χ1n) is 9.19. The molecule has 22 heavy (non-hydrogen) atoms. The third-order valence-electron chi connectivity index (χ3n) is 8.18. The minimum absolute atomic E-state index is 0.192. The fraction of sp³-hybridized carbons (Fsp3) is 0.895. The molecule has 3 fully saturated rings. The summed E-state index contributed by atoms with van der Waals surface area (Å²) in [6, 6.07) is 0.309. The van der Waals surface area contributed by atoms with E-state index >= 15 is 0 Å². The van der Waals surface area contributed by atoms with Crippen molar-refractivity contribution in [3.05, 3.63) is 11.6 Å². The van der Waals surface area contributed by atoms with Gasteiger partial charge in [-0.05, 0) is 73.5 Å². The fourth-order valence-corrected chi connectivity index (χ4v) is 6.72. The van der Waals surface area contributed by atoms with Gasteiger partial charge in [-0.2, -0.15) is 0 Å². The van der Waals surface area contributed by atoms with E-state index in [0.29, 0.717) is 23.8 Å². The van der Waals surface area contributed by atoms with E-state index in [0.717, 1.165) is 25.7 Å². The Morgan fingerprint density at radius 2 is 1.82 bits per heavy atom. The highest BCUT2D eigenvalue weighted by Gasteiger charge is 2.60. The average Bonchev–Trinajstić information content (AvgIpc) is 2.77. The second-order valence-corrected chi connectivity index (χ2v) is 9.01. The normalized spacial score (nSPS) is 57.6. The predicted octanol–water partition coefficient (Wildman–Crippen LogP) is 2.61. The molecule has 0 aliphatic heterocycles. The lowest BCUT2D eigenvalue weighted by Crippen LogP contribution is -2.56.